The molecule has 0 bridgehead atoms. The molecular formula is C23H22N4O7. The van der Waals surface area contributed by atoms with Crippen LogP contribution in [0.1, 0.15) is 10.4 Å². The molecule has 4 rings (SSSR count). The van der Waals surface area contributed by atoms with Crippen molar-refractivity contribution in [2.75, 3.05) is 13.7 Å². The molecule has 0 aliphatic heterocycles. The second kappa shape index (κ2) is 9.63. The van der Waals surface area contributed by atoms with Gasteiger partial charge in [0.15, 0.2) is 11.2 Å². The number of carbonyl (C=O) groups excluding carboxylic acids is 1. The molecule has 0 aliphatic carbocycles. The molecular weight excluding hydrogens is 444 g/mol. The van der Waals surface area contributed by atoms with Crippen LogP contribution in [0.3, 0.4) is 0 Å². The van der Waals surface area contributed by atoms with Crippen molar-refractivity contribution in [3.8, 4) is 17.5 Å². The van der Waals surface area contributed by atoms with E-state index in [0.29, 0.717) is 11.5 Å². The third-order valence-electron chi connectivity index (χ3n) is 5.06. The molecule has 1 atom stereocenters. The molecule has 2 aromatic heterocycles. The zero-order chi connectivity index (χ0) is 24.2. The first kappa shape index (κ1) is 22.8. The second-order valence-corrected chi connectivity index (χ2v) is 7.39. The fourth-order valence-electron chi connectivity index (χ4n) is 3.31. The Morgan fingerprint density at radius 1 is 1.09 bits per heavy atom. The van der Waals surface area contributed by atoms with Crippen molar-refractivity contribution in [2.45, 2.75) is 12.6 Å². The van der Waals surface area contributed by atoms with Gasteiger partial charge in [0.1, 0.15) is 24.2 Å². The minimum absolute atomic E-state index is 0.00730. The van der Waals surface area contributed by atoms with Crippen molar-refractivity contribution in [3.05, 3.63) is 81.0 Å². The lowest BCUT2D eigenvalue weighted by Gasteiger charge is -2.15. The van der Waals surface area contributed by atoms with Crippen LogP contribution >= 0.6 is 0 Å². The highest BCUT2D eigenvalue weighted by atomic mass is 16.6. The Labute approximate surface area is 192 Å². The minimum Gasteiger partial charge on any atom is -0.497 e. The van der Waals surface area contributed by atoms with E-state index in [0.717, 1.165) is 4.57 Å². The van der Waals surface area contributed by atoms with E-state index in [2.05, 4.69) is 9.97 Å². The summed E-state index contributed by atoms with van der Waals surface area (Å²) < 4.78 is 18.5. The summed E-state index contributed by atoms with van der Waals surface area (Å²) in [5.41, 5.74) is -1.15. The normalized spacial score (nSPS) is 11.9. The number of nitrogens with one attached hydrogen (secondary N) is 1. The number of rotatable bonds is 8. The van der Waals surface area contributed by atoms with Crippen LogP contribution in [0.25, 0.3) is 11.2 Å². The number of aromatic nitrogens is 4. The maximum Gasteiger partial charge on any atom is 0.345 e. The molecule has 2 aromatic carbocycles. The van der Waals surface area contributed by atoms with E-state index in [1.54, 1.807) is 61.7 Å². The Kier molecular flexibility index (Phi) is 6.46. The first-order chi connectivity index (χ1) is 16.4. The van der Waals surface area contributed by atoms with Crippen LogP contribution in [0.2, 0.25) is 0 Å². The monoisotopic (exact) mass is 466 g/mol. The Bertz CT molecular complexity index is 1420. The maximum atomic E-state index is 12.6. The molecule has 0 aliphatic rings. The van der Waals surface area contributed by atoms with Gasteiger partial charge in [-0.25, -0.2) is 9.59 Å². The molecule has 11 heteroatoms. The van der Waals surface area contributed by atoms with Gasteiger partial charge in [-0.2, -0.15) is 4.98 Å². The Morgan fingerprint density at radius 2 is 1.76 bits per heavy atom. The highest BCUT2D eigenvalue weighted by Gasteiger charge is 2.23. The van der Waals surface area contributed by atoms with E-state index in [1.807, 2.05) is 0 Å². The number of aliphatic hydroxyl groups is 1. The fourth-order valence-corrected chi connectivity index (χ4v) is 3.31. The number of aromatic amines is 1. The number of carbonyl (C=O) groups is 1. The summed E-state index contributed by atoms with van der Waals surface area (Å²) in [6, 6.07) is 14.8. The van der Waals surface area contributed by atoms with Crippen LogP contribution in [-0.2, 0) is 13.6 Å². The number of hydrogen-bond donors (Lipinski definition) is 2. The highest BCUT2D eigenvalue weighted by Crippen LogP contribution is 2.21. The van der Waals surface area contributed by atoms with Crippen LogP contribution in [0.15, 0.2) is 64.2 Å². The third-order valence-corrected chi connectivity index (χ3v) is 5.06. The van der Waals surface area contributed by atoms with Gasteiger partial charge in [0.05, 0.1) is 19.2 Å². The number of fused-ring (bicyclic) bond motifs is 1. The molecule has 0 radical (unpaired) electrons. The molecule has 34 heavy (non-hydrogen) atoms. The number of aryl methyl sites for hydroxylation is 1. The van der Waals surface area contributed by atoms with Crippen molar-refractivity contribution in [1.82, 2.24) is 19.1 Å². The summed E-state index contributed by atoms with van der Waals surface area (Å²) in [5, 5.41) is 10.6. The van der Waals surface area contributed by atoms with Gasteiger partial charge in [-0.1, -0.05) is 18.2 Å². The van der Waals surface area contributed by atoms with Crippen LogP contribution in [-0.4, -0.2) is 50.0 Å². The van der Waals surface area contributed by atoms with Crippen molar-refractivity contribution >= 4 is 17.1 Å². The Hall–Kier alpha value is -4.38. The summed E-state index contributed by atoms with van der Waals surface area (Å²) in [4.78, 5) is 43.6. The number of benzene rings is 2. The molecule has 0 saturated heterocycles. The minimum atomic E-state index is -1.11. The van der Waals surface area contributed by atoms with Gasteiger partial charge < -0.3 is 19.3 Å². The Morgan fingerprint density at radius 3 is 2.44 bits per heavy atom. The van der Waals surface area contributed by atoms with Crippen LogP contribution in [0, 0.1) is 0 Å². The molecule has 0 fully saturated rings. The number of imidazole rings is 1. The number of ether oxygens (including phenoxy) is 3. The van der Waals surface area contributed by atoms with E-state index in [-0.39, 0.29) is 35.9 Å². The zero-order valence-electron chi connectivity index (χ0n) is 18.4. The van der Waals surface area contributed by atoms with Gasteiger partial charge in [-0.3, -0.25) is 18.9 Å². The summed E-state index contributed by atoms with van der Waals surface area (Å²) >= 11 is 0. The standard InChI is InChI=1S/C23H22N4O7/c1-26-19-18(20(29)25-22(26)31)27(23(24-19)34-21(30)14-6-4-3-5-7-14)12-15(28)13-33-17-10-8-16(32-2)9-11-17/h3-11,15,28H,12-13H2,1-2H3,(H,25,29,31)/t15-/m1/s1. The largest absolute Gasteiger partial charge is 0.497 e. The van der Waals surface area contributed by atoms with Gasteiger partial charge >= 0.3 is 17.7 Å². The second-order valence-electron chi connectivity index (χ2n) is 7.39. The molecule has 0 spiro atoms. The lowest BCUT2D eigenvalue weighted by Crippen LogP contribution is -2.30. The number of H-pyrrole nitrogens is 1. The van der Waals surface area contributed by atoms with Crippen LogP contribution < -0.4 is 25.5 Å². The van der Waals surface area contributed by atoms with E-state index >= 15 is 0 Å². The third kappa shape index (κ3) is 4.69. The smallest absolute Gasteiger partial charge is 0.345 e. The number of esters is 1. The number of hydrogen-bond acceptors (Lipinski definition) is 8. The maximum absolute atomic E-state index is 12.6. The van der Waals surface area contributed by atoms with E-state index in [9.17, 15) is 19.5 Å². The average molecular weight is 466 g/mol. The van der Waals surface area contributed by atoms with Gasteiger partial charge in [0.2, 0.25) is 0 Å². The van der Waals surface area contributed by atoms with E-state index in [4.69, 9.17) is 14.2 Å². The molecule has 2 heterocycles. The topological polar surface area (TPSA) is 138 Å². The lowest BCUT2D eigenvalue weighted by molar-refractivity contribution is 0.0684. The zero-order valence-corrected chi connectivity index (χ0v) is 18.4. The Balaban J connectivity index is 1.63. The van der Waals surface area contributed by atoms with Crippen molar-refractivity contribution in [3.63, 3.8) is 0 Å². The molecule has 0 amide bonds. The summed E-state index contributed by atoms with van der Waals surface area (Å²) in [7, 11) is 2.97. The molecule has 4 aromatic rings. The van der Waals surface area contributed by atoms with Crippen molar-refractivity contribution < 1.29 is 24.1 Å². The molecule has 2 N–H and O–H groups in total. The van der Waals surface area contributed by atoms with Gasteiger partial charge in [-0.15, -0.1) is 0 Å². The molecule has 11 nitrogen and oxygen atoms in total. The van der Waals surface area contributed by atoms with Gasteiger partial charge in [-0.05, 0) is 36.4 Å². The van der Waals surface area contributed by atoms with Gasteiger partial charge in [0.25, 0.3) is 5.56 Å². The number of aliphatic hydroxyl groups excluding tert-OH is 1. The molecule has 176 valence electrons. The van der Waals surface area contributed by atoms with E-state index in [1.165, 1.54) is 11.6 Å². The number of nitrogens with zero attached hydrogens (tertiary/aromatic N) is 3. The van der Waals surface area contributed by atoms with Crippen LogP contribution in [0.4, 0.5) is 0 Å². The highest BCUT2D eigenvalue weighted by molar-refractivity contribution is 5.91. The van der Waals surface area contributed by atoms with Gasteiger partial charge in [0, 0.05) is 7.05 Å². The van der Waals surface area contributed by atoms with Crippen LogP contribution in [0.5, 0.6) is 17.5 Å². The first-order valence-electron chi connectivity index (χ1n) is 10.3. The SMILES string of the molecule is COc1ccc(OC[C@H](O)Cn2c(OC(=O)c3ccccc3)nc3c2c(=O)[nH]c(=O)n3C)cc1. The predicted octanol–water partition coefficient (Wildman–Crippen LogP) is 1.09. The van der Waals surface area contributed by atoms with E-state index < -0.39 is 23.3 Å². The number of methoxy groups -OCH3 is 1. The fraction of sp³-hybridized carbons (Fsp3) is 0.217. The molecule has 0 unspecified atom stereocenters. The quantitative estimate of drug-likeness (QED) is 0.368. The summed E-state index contributed by atoms with van der Waals surface area (Å²) in [6.45, 7) is -0.312. The summed E-state index contributed by atoms with van der Waals surface area (Å²) in [5.74, 6) is 0.460. The van der Waals surface area contributed by atoms with Crippen molar-refractivity contribution in [2.24, 2.45) is 7.05 Å². The first-order valence-corrected chi connectivity index (χ1v) is 10.3. The lowest BCUT2D eigenvalue weighted by atomic mass is 10.2. The molecule has 0 saturated carbocycles. The predicted molar refractivity (Wildman–Crippen MR) is 121 cm³/mol. The van der Waals surface area contributed by atoms with Crippen molar-refractivity contribution in [1.29, 1.82) is 0 Å². The summed E-state index contributed by atoms with van der Waals surface area (Å²) in [6.07, 6.45) is -1.11. The average Bonchev–Trinajstić information content (AvgIpc) is 3.20.